The fourth-order valence-corrected chi connectivity index (χ4v) is 1.84. The molecule has 6 nitrogen and oxygen atoms in total. The van der Waals surface area contributed by atoms with Gasteiger partial charge in [-0.25, -0.2) is 0 Å². The molecule has 0 aromatic rings. The molecule has 0 atom stereocenters. The van der Waals surface area contributed by atoms with Crippen molar-refractivity contribution in [3.05, 3.63) is 0 Å². The van der Waals surface area contributed by atoms with Gasteiger partial charge in [-0.05, 0) is 31.6 Å². The van der Waals surface area contributed by atoms with E-state index < -0.39 is 11.9 Å². The van der Waals surface area contributed by atoms with Gasteiger partial charge in [-0.15, -0.1) is 0 Å². The van der Waals surface area contributed by atoms with E-state index in [9.17, 15) is 9.59 Å². The topological polar surface area (TPSA) is 115 Å². The Hall–Kier alpha value is -1.14. The summed E-state index contributed by atoms with van der Waals surface area (Å²) < 4.78 is 0. The number of unbranched alkanes of at least 4 members (excludes halogenated alkanes) is 5. The highest BCUT2D eigenvalue weighted by Gasteiger charge is 1.98. The van der Waals surface area contributed by atoms with E-state index in [0.717, 1.165) is 51.4 Å². The van der Waals surface area contributed by atoms with Crippen molar-refractivity contribution in [1.82, 2.24) is 0 Å². The molecule has 0 unspecified atom stereocenters. The van der Waals surface area contributed by atoms with Crippen molar-refractivity contribution in [2.45, 2.75) is 71.1 Å². The summed E-state index contributed by atoms with van der Waals surface area (Å²) in [6.07, 6.45) is 7.44. The van der Waals surface area contributed by atoms with Gasteiger partial charge in [-0.3, -0.25) is 9.59 Å². The van der Waals surface area contributed by atoms with Gasteiger partial charge in [0.15, 0.2) is 0 Å². The molecule has 0 aromatic carbocycles. The molecule has 0 saturated heterocycles. The lowest BCUT2D eigenvalue weighted by Gasteiger charge is -2.04. The lowest BCUT2D eigenvalue weighted by atomic mass is 10.1. The fraction of sp³-hybridized carbons (Fsp3) is 0.875. The van der Waals surface area contributed by atoms with E-state index in [0.29, 0.717) is 5.92 Å². The van der Waals surface area contributed by atoms with Crippen LogP contribution in [-0.4, -0.2) is 45.6 Å². The van der Waals surface area contributed by atoms with Crippen LogP contribution in [0.5, 0.6) is 0 Å². The van der Waals surface area contributed by atoms with Crippen LogP contribution >= 0.6 is 0 Å². The molecular formula is C16H32O6. The summed E-state index contributed by atoms with van der Waals surface area (Å²) in [7, 11) is 0. The molecule has 0 fully saturated rings. The number of rotatable bonds is 13. The van der Waals surface area contributed by atoms with Crippen LogP contribution in [0.4, 0.5) is 0 Å². The third-order valence-corrected chi connectivity index (χ3v) is 3.28. The van der Waals surface area contributed by atoms with Crippen molar-refractivity contribution in [2.24, 2.45) is 5.92 Å². The molecule has 0 amide bonds. The molecule has 0 heterocycles. The molecule has 0 aliphatic carbocycles. The van der Waals surface area contributed by atoms with E-state index in [1.54, 1.807) is 0 Å². The summed E-state index contributed by atoms with van der Waals surface area (Å²) in [4.78, 5) is 20.3. The summed E-state index contributed by atoms with van der Waals surface area (Å²) in [5.74, 6) is -1.02. The minimum atomic E-state index is -0.740. The van der Waals surface area contributed by atoms with Crippen LogP contribution in [0, 0.1) is 5.92 Å². The predicted octanol–water partition coefficient (Wildman–Crippen LogP) is 2.66. The van der Waals surface area contributed by atoms with E-state index in [1.165, 1.54) is 0 Å². The van der Waals surface area contributed by atoms with E-state index >= 15 is 0 Å². The Labute approximate surface area is 133 Å². The highest BCUT2D eigenvalue weighted by atomic mass is 16.4. The maximum absolute atomic E-state index is 10.1. The molecule has 22 heavy (non-hydrogen) atoms. The minimum absolute atomic E-state index is 0.237. The lowest BCUT2D eigenvalue weighted by Crippen LogP contribution is -1.99. The molecule has 0 saturated carbocycles. The van der Waals surface area contributed by atoms with Crippen molar-refractivity contribution < 1.29 is 30.0 Å². The molecule has 0 aliphatic heterocycles. The van der Waals surface area contributed by atoms with Gasteiger partial charge in [-0.1, -0.05) is 32.6 Å². The van der Waals surface area contributed by atoms with E-state index in [1.807, 2.05) is 6.92 Å². The second-order valence-electron chi connectivity index (χ2n) is 5.54. The van der Waals surface area contributed by atoms with Crippen LogP contribution in [0.3, 0.4) is 0 Å². The Balaban J connectivity index is 0. The van der Waals surface area contributed by atoms with Gasteiger partial charge in [0.25, 0.3) is 0 Å². The Morgan fingerprint density at radius 2 is 1.05 bits per heavy atom. The van der Waals surface area contributed by atoms with Crippen molar-refractivity contribution >= 4 is 11.9 Å². The Morgan fingerprint density at radius 3 is 1.32 bits per heavy atom. The average molecular weight is 320 g/mol. The van der Waals surface area contributed by atoms with E-state index in [4.69, 9.17) is 20.4 Å². The minimum Gasteiger partial charge on any atom is -0.481 e. The monoisotopic (exact) mass is 320 g/mol. The summed E-state index contributed by atoms with van der Waals surface area (Å²) in [5, 5.41) is 33.5. The molecule has 4 N–H and O–H groups in total. The number of aliphatic hydroxyl groups excluding tert-OH is 2. The normalized spacial score (nSPS) is 10.2. The van der Waals surface area contributed by atoms with Gasteiger partial charge in [0.2, 0.25) is 0 Å². The van der Waals surface area contributed by atoms with E-state index in [2.05, 4.69) is 0 Å². The van der Waals surface area contributed by atoms with Crippen molar-refractivity contribution in [3.8, 4) is 0 Å². The second-order valence-corrected chi connectivity index (χ2v) is 5.54. The first-order valence-electron chi connectivity index (χ1n) is 8.09. The van der Waals surface area contributed by atoms with Crippen molar-refractivity contribution in [1.29, 1.82) is 0 Å². The Bertz CT molecular complexity index is 241. The Kier molecular flexibility index (Phi) is 18.8. The molecule has 0 spiro atoms. The van der Waals surface area contributed by atoms with Gasteiger partial charge in [0, 0.05) is 26.1 Å². The van der Waals surface area contributed by atoms with E-state index in [-0.39, 0.29) is 26.1 Å². The highest BCUT2D eigenvalue weighted by Crippen LogP contribution is 2.08. The largest absolute Gasteiger partial charge is 0.481 e. The zero-order valence-corrected chi connectivity index (χ0v) is 13.7. The third kappa shape index (κ3) is 23.9. The number of carboxylic acids is 2. The van der Waals surface area contributed by atoms with Gasteiger partial charge >= 0.3 is 11.9 Å². The molecule has 0 aromatic heterocycles. The van der Waals surface area contributed by atoms with Crippen LogP contribution in [0.15, 0.2) is 0 Å². The fourth-order valence-electron chi connectivity index (χ4n) is 1.84. The molecule has 6 heteroatoms. The zero-order chi connectivity index (χ0) is 17.2. The van der Waals surface area contributed by atoms with Crippen LogP contribution in [0.25, 0.3) is 0 Å². The summed E-state index contributed by atoms with van der Waals surface area (Å²) in [6.45, 7) is 2.49. The first-order valence-corrected chi connectivity index (χ1v) is 8.09. The number of carbonyl (C=O) groups is 2. The maximum atomic E-state index is 10.1. The Morgan fingerprint density at radius 1 is 0.727 bits per heavy atom. The molecule has 132 valence electrons. The number of aliphatic hydroxyl groups is 2. The van der Waals surface area contributed by atoms with Crippen LogP contribution in [-0.2, 0) is 9.59 Å². The quantitative estimate of drug-likeness (QED) is 0.388. The van der Waals surface area contributed by atoms with Crippen LogP contribution in [0.2, 0.25) is 0 Å². The van der Waals surface area contributed by atoms with Gasteiger partial charge < -0.3 is 20.4 Å². The molecule has 0 radical (unpaired) electrons. The summed E-state index contributed by atoms with van der Waals surface area (Å²) in [5.41, 5.74) is 0. The molecule has 0 rings (SSSR count). The first-order chi connectivity index (χ1) is 10.4. The predicted molar refractivity (Wildman–Crippen MR) is 84.8 cm³/mol. The standard InChI is InChI=1S/C10H18O4.C6H14O2/c11-9(12)7-5-3-1-2-4-6-8-10(13)14;1-6(2-4-7)3-5-8/h1-8H2,(H,11,12)(H,13,14);6-8H,2-5H2,1H3. The van der Waals surface area contributed by atoms with Crippen LogP contribution < -0.4 is 0 Å². The lowest BCUT2D eigenvalue weighted by molar-refractivity contribution is -0.138. The second kappa shape index (κ2) is 17.9. The number of hydrogen-bond acceptors (Lipinski definition) is 4. The summed E-state index contributed by atoms with van der Waals surface area (Å²) in [6, 6.07) is 0. The van der Waals surface area contributed by atoms with Crippen molar-refractivity contribution in [2.75, 3.05) is 13.2 Å². The molecule has 0 aliphatic rings. The summed E-state index contributed by atoms with van der Waals surface area (Å²) >= 11 is 0. The SMILES string of the molecule is CC(CCO)CCO.O=C(O)CCCCCCCCC(=O)O. The molecular weight excluding hydrogens is 288 g/mol. The molecule has 0 bridgehead atoms. The average Bonchev–Trinajstić information content (AvgIpc) is 2.42. The maximum Gasteiger partial charge on any atom is 0.303 e. The first kappa shape index (κ1) is 23.1. The van der Waals surface area contributed by atoms with Gasteiger partial charge in [0.05, 0.1) is 0 Å². The van der Waals surface area contributed by atoms with Crippen molar-refractivity contribution in [3.63, 3.8) is 0 Å². The third-order valence-electron chi connectivity index (χ3n) is 3.28. The van der Waals surface area contributed by atoms with Gasteiger partial charge in [0.1, 0.15) is 0 Å². The van der Waals surface area contributed by atoms with Gasteiger partial charge in [-0.2, -0.15) is 0 Å². The number of hydrogen-bond donors (Lipinski definition) is 4. The highest BCUT2D eigenvalue weighted by molar-refractivity contribution is 5.66. The van der Waals surface area contributed by atoms with Crippen LogP contribution in [0.1, 0.15) is 71.1 Å². The zero-order valence-electron chi connectivity index (χ0n) is 13.7. The number of aliphatic carboxylic acids is 2. The smallest absolute Gasteiger partial charge is 0.303 e. The number of carboxylic acid groups (broad SMARTS) is 2.